The molecule has 27 heavy (non-hydrogen) atoms. The Morgan fingerprint density at radius 2 is 1.52 bits per heavy atom. The zero-order chi connectivity index (χ0) is 20.8. The van der Waals surface area contributed by atoms with Gasteiger partial charge in [0.15, 0.2) is 0 Å². The Balaban J connectivity index is 2.93. The van der Waals surface area contributed by atoms with E-state index in [2.05, 4.69) is 0 Å². The SMILES string of the molecule is CCOC(=O)C=CC1CN(C(=O)OC(C)(C)C)CCN1C(=O)OC(C)(C)C. The van der Waals surface area contributed by atoms with Crippen molar-refractivity contribution in [2.45, 2.75) is 65.7 Å². The summed E-state index contributed by atoms with van der Waals surface area (Å²) >= 11 is 0. The molecule has 0 saturated carbocycles. The molecule has 1 aliphatic heterocycles. The fourth-order valence-electron chi connectivity index (χ4n) is 2.39. The summed E-state index contributed by atoms with van der Waals surface area (Å²) in [4.78, 5) is 39.5. The zero-order valence-corrected chi connectivity index (χ0v) is 17.4. The van der Waals surface area contributed by atoms with Gasteiger partial charge in [0, 0.05) is 25.7 Å². The van der Waals surface area contributed by atoms with E-state index >= 15 is 0 Å². The van der Waals surface area contributed by atoms with Gasteiger partial charge in [-0.15, -0.1) is 0 Å². The summed E-state index contributed by atoms with van der Waals surface area (Å²) < 4.78 is 15.7. The van der Waals surface area contributed by atoms with Gasteiger partial charge in [-0.1, -0.05) is 6.08 Å². The molecule has 0 aromatic rings. The van der Waals surface area contributed by atoms with Gasteiger partial charge in [0.2, 0.25) is 0 Å². The van der Waals surface area contributed by atoms with Crippen LogP contribution in [0.3, 0.4) is 0 Å². The third-order valence-electron chi connectivity index (χ3n) is 3.44. The molecule has 0 aromatic carbocycles. The Labute approximate surface area is 161 Å². The van der Waals surface area contributed by atoms with E-state index < -0.39 is 35.4 Å². The molecule has 0 spiro atoms. The number of hydrogen-bond donors (Lipinski definition) is 0. The summed E-state index contributed by atoms with van der Waals surface area (Å²) in [6.07, 6.45) is 1.87. The highest BCUT2D eigenvalue weighted by atomic mass is 16.6. The van der Waals surface area contributed by atoms with E-state index in [0.29, 0.717) is 6.54 Å². The minimum atomic E-state index is -0.644. The predicted molar refractivity (Wildman–Crippen MR) is 100 cm³/mol. The first-order valence-corrected chi connectivity index (χ1v) is 9.15. The molecule has 0 bridgehead atoms. The number of carbonyl (C=O) groups excluding carboxylic acids is 3. The number of amides is 2. The number of ether oxygens (including phenoxy) is 3. The third kappa shape index (κ3) is 8.32. The molecule has 1 rings (SSSR count). The second kappa shape index (κ2) is 9.10. The lowest BCUT2D eigenvalue weighted by atomic mass is 10.1. The van der Waals surface area contributed by atoms with E-state index in [9.17, 15) is 14.4 Å². The minimum absolute atomic E-state index is 0.198. The molecule has 0 N–H and O–H groups in total. The number of nitrogens with zero attached hydrogens (tertiary/aromatic N) is 2. The first kappa shape index (κ1) is 22.8. The lowest BCUT2D eigenvalue weighted by molar-refractivity contribution is -0.137. The van der Waals surface area contributed by atoms with E-state index in [1.54, 1.807) is 54.5 Å². The average molecular weight is 384 g/mol. The van der Waals surface area contributed by atoms with Crippen LogP contribution in [0.1, 0.15) is 48.5 Å². The van der Waals surface area contributed by atoms with Gasteiger partial charge in [-0.3, -0.25) is 4.90 Å². The summed E-state index contributed by atoms with van der Waals surface area (Å²) in [5.41, 5.74) is -1.26. The molecule has 1 saturated heterocycles. The van der Waals surface area contributed by atoms with E-state index in [0.717, 1.165) is 0 Å². The average Bonchev–Trinajstić information content (AvgIpc) is 2.49. The van der Waals surface area contributed by atoms with Crippen LogP contribution in [-0.4, -0.2) is 71.4 Å². The predicted octanol–water partition coefficient (Wildman–Crippen LogP) is 2.96. The number of carbonyl (C=O) groups is 3. The van der Waals surface area contributed by atoms with E-state index in [1.807, 2.05) is 0 Å². The van der Waals surface area contributed by atoms with Crippen LogP contribution in [0.25, 0.3) is 0 Å². The van der Waals surface area contributed by atoms with Crippen molar-refractivity contribution in [3.63, 3.8) is 0 Å². The highest BCUT2D eigenvalue weighted by Crippen LogP contribution is 2.19. The molecular formula is C19H32N2O6. The van der Waals surface area contributed by atoms with Gasteiger partial charge in [0.25, 0.3) is 0 Å². The quantitative estimate of drug-likeness (QED) is 0.422. The van der Waals surface area contributed by atoms with Gasteiger partial charge < -0.3 is 19.1 Å². The van der Waals surface area contributed by atoms with Crippen molar-refractivity contribution in [2.75, 3.05) is 26.2 Å². The smallest absolute Gasteiger partial charge is 0.410 e. The van der Waals surface area contributed by atoms with Crippen LogP contribution in [0.5, 0.6) is 0 Å². The van der Waals surface area contributed by atoms with Crippen molar-refractivity contribution < 1.29 is 28.6 Å². The number of hydrogen-bond acceptors (Lipinski definition) is 6. The fourth-order valence-corrected chi connectivity index (χ4v) is 2.39. The van der Waals surface area contributed by atoms with Crippen LogP contribution >= 0.6 is 0 Å². The highest BCUT2D eigenvalue weighted by molar-refractivity contribution is 5.82. The van der Waals surface area contributed by atoms with Gasteiger partial charge in [-0.05, 0) is 48.5 Å². The highest BCUT2D eigenvalue weighted by Gasteiger charge is 2.35. The van der Waals surface area contributed by atoms with Crippen molar-refractivity contribution in [3.8, 4) is 0 Å². The van der Waals surface area contributed by atoms with Gasteiger partial charge in [0.1, 0.15) is 11.2 Å². The first-order valence-electron chi connectivity index (χ1n) is 9.15. The van der Waals surface area contributed by atoms with Crippen molar-refractivity contribution in [2.24, 2.45) is 0 Å². The Kier molecular flexibility index (Phi) is 7.68. The monoisotopic (exact) mass is 384 g/mol. The van der Waals surface area contributed by atoms with Gasteiger partial charge in [-0.25, -0.2) is 14.4 Å². The minimum Gasteiger partial charge on any atom is -0.463 e. The molecule has 1 aliphatic rings. The molecule has 8 nitrogen and oxygen atoms in total. The standard InChI is InChI=1S/C19H32N2O6/c1-8-25-15(22)10-9-14-13-20(16(23)26-18(2,3)4)11-12-21(14)17(24)27-19(5,6)7/h9-10,14H,8,11-13H2,1-7H3. The topological polar surface area (TPSA) is 85.4 Å². The maximum absolute atomic E-state index is 12.5. The van der Waals surface area contributed by atoms with E-state index in [4.69, 9.17) is 14.2 Å². The molecule has 0 radical (unpaired) electrons. The summed E-state index contributed by atoms with van der Waals surface area (Å²) in [6, 6.07) is -0.523. The molecular weight excluding hydrogens is 352 g/mol. The maximum atomic E-state index is 12.5. The van der Waals surface area contributed by atoms with Crippen molar-refractivity contribution in [3.05, 3.63) is 12.2 Å². The second-order valence-corrected chi connectivity index (χ2v) is 8.28. The molecule has 1 fully saturated rings. The van der Waals surface area contributed by atoms with Crippen LogP contribution in [0, 0.1) is 0 Å². The van der Waals surface area contributed by atoms with E-state index in [1.165, 1.54) is 15.9 Å². The maximum Gasteiger partial charge on any atom is 0.410 e. The van der Waals surface area contributed by atoms with Crippen molar-refractivity contribution in [1.82, 2.24) is 9.80 Å². The molecule has 1 atom stereocenters. The van der Waals surface area contributed by atoms with Crippen LogP contribution in [0.2, 0.25) is 0 Å². The number of rotatable bonds is 3. The molecule has 1 unspecified atom stereocenters. The zero-order valence-electron chi connectivity index (χ0n) is 17.4. The van der Waals surface area contributed by atoms with Crippen LogP contribution in [-0.2, 0) is 19.0 Å². The summed E-state index contributed by atoms with van der Waals surface area (Å²) in [7, 11) is 0. The Hall–Kier alpha value is -2.25. The molecule has 0 aliphatic carbocycles. The molecule has 154 valence electrons. The Morgan fingerprint density at radius 1 is 0.963 bits per heavy atom. The molecule has 1 heterocycles. The fraction of sp³-hybridized carbons (Fsp3) is 0.737. The van der Waals surface area contributed by atoms with Gasteiger partial charge in [0.05, 0.1) is 12.6 Å². The first-order chi connectivity index (χ1) is 12.3. The normalized spacial score (nSPS) is 18.4. The molecule has 0 aromatic heterocycles. The van der Waals surface area contributed by atoms with Gasteiger partial charge in [-0.2, -0.15) is 0 Å². The third-order valence-corrected chi connectivity index (χ3v) is 3.44. The van der Waals surface area contributed by atoms with E-state index in [-0.39, 0.29) is 19.7 Å². The lowest BCUT2D eigenvalue weighted by Crippen LogP contribution is -2.57. The summed E-state index contributed by atoms with van der Waals surface area (Å²) in [5, 5.41) is 0. The summed E-state index contributed by atoms with van der Waals surface area (Å²) in [6.45, 7) is 13.5. The lowest BCUT2D eigenvalue weighted by Gasteiger charge is -2.40. The molecule has 2 amide bonds. The van der Waals surface area contributed by atoms with Crippen molar-refractivity contribution >= 4 is 18.2 Å². The Morgan fingerprint density at radius 3 is 2.04 bits per heavy atom. The number of piperazine rings is 1. The second-order valence-electron chi connectivity index (χ2n) is 8.28. The number of esters is 1. The summed E-state index contributed by atoms with van der Waals surface area (Å²) in [5.74, 6) is -0.504. The Bertz CT molecular complexity index is 574. The van der Waals surface area contributed by atoms with Gasteiger partial charge >= 0.3 is 18.2 Å². The van der Waals surface area contributed by atoms with Crippen LogP contribution in [0.15, 0.2) is 12.2 Å². The largest absolute Gasteiger partial charge is 0.463 e. The van der Waals surface area contributed by atoms with Crippen LogP contribution < -0.4 is 0 Å². The molecule has 8 heteroatoms. The van der Waals surface area contributed by atoms with Crippen LogP contribution in [0.4, 0.5) is 9.59 Å². The van der Waals surface area contributed by atoms with Crippen molar-refractivity contribution in [1.29, 1.82) is 0 Å².